The Morgan fingerprint density at radius 1 is 1.10 bits per heavy atom. The molecule has 0 radical (unpaired) electrons. The van der Waals surface area contributed by atoms with Crippen LogP contribution in [0, 0.1) is 0 Å². The van der Waals surface area contributed by atoms with Crippen molar-refractivity contribution in [1.29, 1.82) is 0 Å². The number of ketones is 1. The Kier molecular flexibility index (Phi) is 4.56. The highest BCUT2D eigenvalue weighted by molar-refractivity contribution is 5.86. The molecular weight excluding hydrogens is 246 g/mol. The van der Waals surface area contributed by atoms with E-state index in [4.69, 9.17) is 0 Å². The first-order chi connectivity index (χ1) is 9.50. The van der Waals surface area contributed by atoms with Crippen molar-refractivity contribution in [1.82, 2.24) is 5.32 Å². The third-order valence-corrected chi connectivity index (χ3v) is 3.74. The Morgan fingerprint density at radius 2 is 1.80 bits per heavy atom. The standard InChI is InChI=1S/C18H23NO/c1-14(20)11-12-19-13-18(2,3)17-10-6-8-15-7-4-5-9-16(15)17/h4-10,19H,11-13H2,1-3H3. The summed E-state index contributed by atoms with van der Waals surface area (Å²) in [5.41, 5.74) is 1.39. The number of hydrogen-bond donors (Lipinski definition) is 1. The molecule has 0 aromatic heterocycles. The zero-order valence-corrected chi connectivity index (χ0v) is 12.6. The third kappa shape index (κ3) is 3.45. The van der Waals surface area contributed by atoms with Gasteiger partial charge in [-0.15, -0.1) is 0 Å². The first-order valence-electron chi connectivity index (χ1n) is 7.19. The van der Waals surface area contributed by atoms with E-state index in [1.54, 1.807) is 6.92 Å². The largest absolute Gasteiger partial charge is 0.315 e. The molecule has 0 unspecified atom stereocenters. The molecule has 2 nitrogen and oxygen atoms in total. The lowest BCUT2D eigenvalue weighted by atomic mass is 9.81. The first-order valence-corrected chi connectivity index (χ1v) is 7.19. The molecule has 2 rings (SSSR count). The van der Waals surface area contributed by atoms with Crippen LogP contribution < -0.4 is 5.32 Å². The van der Waals surface area contributed by atoms with Crippen molar-refractivity contribution in [2.75, 3.05) is 13.1 Å². The maximum absolute atomic E-state index is 11.0. The van der Waals surface area contributed by atoms with Crippen LogP contribution in [0.15, 0.2) is 42.5 Å². The van der Waals surface area contributed by atoms with E-state index in [-0.39, 0.29) is 11.2 Å². The second kappa shape index (κ2) is 6.19. The summed E-state index contributed by atoms with van der Waals surface area (Å²) in [7, 11) is 0. The van der Waals surface area contributed by atoms with Crippen molar-refractivity contribution in [2.24, 2.45) is 0 Å². The molecule has 0 atom stereocenters. The van der Waals surface area contributed by atoms with E-state index in [0.29, 0.717) is 6.42 Å². The van der Waals surface area contributed by atoms with Crippen LogP contribution in [0.1, 0.15) is 32.8 Å². The van der Waals surface area contributed by atoms with Gasteiger partial charge in [-0.2, -0.15) is 0 Å². The highest BCUT2D eigenvalue weighted by Gasteiger charge is 2.22. The number of fused-ring (bicyclic) bond motifs is 1. The Labute approximate surface area is 121 Å². The highest BCUT2D eigenvalue weighted by Crippen LogP contribution is 2.29. The molecule has 0 saturated carbocycles. The second-order valence-corrected chi connectivity index (χ2v) is 6.04. The molecular formula is C18H23NO. The summed E-state index contributed by atoms with van der Waals surface area (Å²) in [6.07, 6.45) is 0.603. The van der Waals surface area contributed by atoms with Gasteiger partial charge in [0.25, 0.3) is 0 Å². The normalized spacial score (nSPS) is 11.8. The minimum atomic E-state index is 0.0393. The van der Waals surface area contributed by atoms with Gasteiger partial charge in [-0.05, 0) is 23.3 Å². The van der Waals surface area contributed by atoms with E-state index in [1.165, 1.54) is 16.3 Å². The summed E-state index contributed by atoms with van der Waals surface area (Å²) in [6.45, 7) is 7.75. The van der Waals surface area contributed by atoms with Crippen molar-refractivity contribution in [3.8, 4) is 0 Å². The lowest BCUT2D eigenvalue weighted by Gasteiger charge is -2.27. The Hall–Kier alpha value is -1.67. The van der Waals surface area contributed by atoms with Gasteiger partial charge >= 0.3 is 0 Å². The van der Waals surface area contributed by atoms with E-state index >= 15 is 0 Å². The van der Waals surface area contributed by atoms with Gasteiger partial charge < -0.3 is 5.32 Å². The molecule has 1 N–H and O–H groups in total. The molecule has 0 spiro atoms. The maximum Gasteiger partial charge on any atom is 0.131 e. The highest BCUT2D eigenvalue weighted by atomic mass is 16.1. The predicted octanol–water partition coefficient (Wildman–Crippen LogP) is 3.69. The molecule has 0 aliphatic heterocycles. The minimum absolute atomic E-state index is 0.0393. The Bertz CT molecular complexity index is 596. The van der Waals surface area contributed by atoms with Gasteiger partial charge in [0.15, 0.2) is 0 Å². The average Bonchev–Trinajstić information content (AvgIpc) is 2.43. The van der Waals surface area contributed by atoms with Crippen LogP contribution in [-0.2, 0) is 10.2 Å². The van der Waals surface area contributed by atoms with E-state index < -0.39 is 0 Å². The molecule has 0 aliphatic carbocycles. The van der Waals surface area contributed by atoms with Gasteiger partial charge in [-0.1, -0.05) is 56.3 Å². The van der Waals surface area contributed by atoms with Gasteiger partial charge in [0.2, 0.25) is 0 Å². The van der Waals surface area contributed by atoms with Crippen molar-refractivity contribution in [3.63, 3.8) is 0 Å². The predicted molar refractivity (Wildman–Crippen MR) is 85.1 cm³/mol. The molecule has 2 aromatic rings. The topological polar surface area (TPSA) is 29.1 Å². The average molecular weight is 269 g/mol. The van der Waals surface area contributed by atoms with Gasteiger partial charge in [0.1, 0.15) is 5.78 Å². The van der Waals surface area contributed by atoms with Crippen LogP contribution in [0.2, 0.25) is 0 Å². The molecule has 0 aliphatic rings. The number of carbonyl (C=O) groups excluding carboxylic acids is 1. The summed E-state index contributed by atoms with van der Waals surface area (Å²) >= 11 is 0. The summed E-state index contributed by atoms with van der Waals surface area (Å²) in [5.74, 6) is 0.237. The van der Waals surface area contributed by atoms with E-state index in [9.17, 15) is 4.79 Å². The van der Waals surface area contributed by atoms with E-state index in [0.717, 1.165) is 13.1 Å². The number of rotatable bonds is 6. The quantitative estimate of drug-likeness (QED) is 0.810. The number of hydrogen-bond acceptors (Lipinski definition) is 2. The summed E-state index contributed by atoms with van der Waals surface area (Å²) in [6, 6.07) is 15.0. The second-order valence-electron chi connectivity index (χ2n) is 6.04. The lowest BCUT2D eigenvalue weighted by molar-refractivity contribution is -0.116. The first kappa shape index (κ1) is 14.7. The van der Waals surface area contributed by atoms with Crippen molar-refractivity contribution >= 4 is 16.6 Å². The van der Waals surface area contributed by atoms with Crippen LogP contribution in [0.5, 0.6) is 0 Å². The minimum Gasteiger partial charge on any atom is -0.315 e. The molecule has 106 valence electrons. The monoisotopic (exact) mass is 269 g/mol. The fourth-order valence-corrected chi connectivity index (χ4v) is 2.58. The van der Waals surface area contributed by atoms with Crippen molar-refractivity contribution in [2.45, 2.75) is 32.6 Å². The van der Waals surface area contributed by atoms with Gasteiger partial charge in [-0.3, -0.25) is 4.79 Å². The Morgan fingerprint density at radius 3 is 2.55 bits per heavy atom. The van der Waals surface area contributed by atoms with E-state index in [1.807, 2.05) is 0 Å². The maximum atomic E-state index is 11.0. The fraction of sp³-hybridized carbons (Fsp3) is 0.389. The summed E-state index contributed by atoms with van der Waals surface area (Å²) in [4.78, 5) is 11.0. The fourth-order valence-electron chi connectivity index (χ4n) is 2.58. The molecule has 0 bridgehead atoms. The molecule has 2 heteroatoms. The number of nitrogens with one attached hydrogen (secondary N) is 1. The number of carbonyl (C=O) groups is 1. The zero-order valence-electron chi connectivity index (χ0n) is 12.6. The van der Waals surface area contributed by atoms with Crippen molar-refractivity contribution in [3.05, 3.63) is 48.0 Å². The third-order valence-electron chi connectivity index (χ3n) is 3.74. The summed E-state index contributed by atoms with van der Waals surface area (Å²) < 4.78 is 0. The zero-order chi connectivity index (χ0) is 14.6. The van der Waals surface area contributed by atoms with Crippen LogP contribution in [-0.4, -0.2) is 18.9 Å². The van der Waals surface area contributed by atoms with Crippen LogP contribution in [0.25, 0.3) is 10.8 Å². The van der Waals surface area contributed by atoms with Gasteiger partial charge in [0, 0.05) is 24.9 Å². The molecule has 2 aromatic carbocycles. The number of Topliss-reactive ketones (excluding diaryl/α,β-unsaturated/α-hetero) is 1. The van der Waals surface area contributed by atoms with Crippen LogP contribution in [0.4, 0.5) is 0 Å². The molecule has 0 amide bonds. The number of benzene rings is 2. The lowest BCUT2D eigenvalue weighted by Crippen LogP contribution is -2.34. The Balaban J connectivity index is 2.16. The van der Waals surface area contributed by atoms with Crippen LogP contribution in [0.3, 0.4) is 0 Å². The van der Waals surface area contributed by atoms with Gasteiger partial charge in [-0.25, -0.2) is 0 Å². The molecule has 0 saturated heterocycles. The molecule has 0 fully saturated rings. The van der Waals surface area contributed by atoms with Crippen LogP contribution >= 0.6 is 0 Å². The smallest absolute Gasteiger partial charge is 0.131 e. The molecule has 0 heterocycles. The summed E-state index contributed by atoms with van der Waals surface area (Å²) in [5, 5.41) is 5.99. The SMILES string of the molecule is CC(=O)CCNCC(C)(C)c1cccc2ccccc12. The molecule has 20 heavy (non-hydrogen) atoms. The van der Waals surface area contributed by atoms with E-state index in [2.05, 4.69) is 61.6 Å². The van der Waals surface area contributed by atoms with Gasteiger partial charge in [0.05, 0.1) is 0 Å². The van der Waals surface area contributed by atoms with Crippen molar-refractivity contribution < 1.29 is 4.79 Å².